The first-order valence-electron chi connectivity index (χ1n) is 7.74. The van der Waals surface area contributed by atoms with Crippen LogP contribution in [0.3, 0.4) is 0 Å². The van der Waals surface area contributed by atoms with Crippen LogP contribution in [0.4, 0.5) is 10.1 Å². The van der Waals surface area contributed by atoms with Crippen molar-refractivity contribution < 1.29 is 4.39 Å². The predicted octanol–water partition coefficient (Wildman–Crippen LogP) is 2.27. The first kappa shape index (κ1) is 15.0. The van der Waals surface area contributed by atoms with E-state index in [-0.39, 0.29) is 11.9 Å². The van der Waals surface area contributed by atoms with Crippen LogP contribution in [-0.4, -0.2) is 33.9 Å². The third-order valence-electron chi connectivity index (χ3n) is 4.31. The van der Waals surface area contributed by atoms with Gasteiger partial charge >= 0.3 is 0 Å². The number of halogens is 1. The van der Waals surface area contributed by atoms with Crippen molar-refractivity contribution in [1.29, 1.82) is 0 Å². The molecule has 2 aromatic rings. The molecule has 0 bridgehead atoms. The first-order chi connectivity index (χ1) is 10.6. The van der Waals surface area contributed by atoms with Crippen molar-refractivity contribution in [2.45, 2.75) is 31.8 Å². The molecule has 0 spiro atoms. The van der Waals surface area contributed by atoms with Crippen LogP contribution in [0.25, 0.3) is 0 Å². The molecule has 0 unspecified atom stereocenters. The number of piperidine rings is 1. The zero-order valence-corrected chi connectivity index (χ0v) is 13.0. The van der Waals surface area contributed by atoms with E-state index >= 15 is 0 Å². The zero-order valence-electron chi connectivity index (χ0n) is 13.0. The highest BCUT2D eigenvalue weighted by molar-refractivity contribution is 5.47. The molecule has 1 aliphatic rings. The Balaban J connectivity index is 1.56. The third-order valence-corrected chi connectivity index (χ3v) is 4.31. The Morgan fingerprint density at radius 1 is 1.27 bits per heavy atom. The van der Waals surface area contributed by atoms with E-state index < -0.39 is 0 Å². The van der Waals surface area contributed by atoms with Crippen LogP contribution in [0.5, 0.6) is 0 Å². The number of nitrogens with one attached hydrogen (secondary N) is 1. The van der Waals surface area contributed by atoms with Crippen LogP contribution in [0.2, 0.25) is 0 Å². The summed E-state index contributed by atoms with van der Waals surface area (Å²) in [6.45, 7) is 3.83. The van der Waals surface area contributed by atoms with Crippen LogP contribution in [-0.2, 0) is 7.05 Å². The lowest BCUT2D eigenvalue weighted by Crippen LogP contribution is -2.44. The molecule has 5 nitrogen and oxygen atoms in total. The fraction of sp³-hybridized carbons (Fsp3) is 0.500. The maximum Gasteiger partial charge on any atom is 0.146 e. The molecule has 1 fully saturated rings. The Morgan fingerprint density at radius 2 is 2.00 bits per heavy atom. The van der Waals surface area contributed by atoms with Gasteiger partial charge in [0, 0.05) is 26.2 Å². The van der Waals surface area contributed by atoms with Crippen molar-refractivity contribution in [1.82, 2.24) is 20.1 Å². The van der Waals surface area contributed by atoms with E-state index in [9.17, 15) is 4.39 Å². The Bertz CT molecular complexity index is 619. The summed E-state index contributed by atoms with van der Waals surface area (Å²) in [7, 11) is 1.90. The van der Waals surface area contributed by atoms with Gasteiger partial charge in [-0.3, -0.25) is 4.68 Å². The molecule has 1 aliphatic heterocycles. The summed E-state index contributed by atoms with van der Waals surface area (Å²) in [4.78, 5) is 6.41. The van der Waals surface area contributed by atoms with E-state index in [1.165, 1.54) is 6.07 Å². The molecule has 1 aromatic carbocycles. The number of aromatic nitrogens is 3. The molecule has 0 radical (unpaired) electrons. The van der Waals surface area contributed by atoms with Gasteiger partial charge < -0.3 is 10.2 Å². The Kier molecular flexibility index (Phi) is 4.38. The average molecular weight is 303 g/mol. The van der Waals surface area contributed by atoms with Crippen molar-refractivity contribution in [3.8, 4) is 0 Å². The van der Waals surface area contributed by atoms with Gasteiger partial charge in [0.05, 0.1) is 11.7 Å². The highest BCUT2D eigenvalue weighted by Crippen LogP contribution is 2.23. The minimum absolute atomic E-state index is 0.138. The van der Waals surface area contributed by atoms with E-state index in [0.717, 1.165) is 31.8 Å². The number of hydrogen-bond acceptors (Lipinski definition) is 4. The van der Waals surface area contributed by atoms with Gasteiger partial charge in [-0.05, 0) is 31.9 Å². The second-order valence-corrected chi connectivity index (χ2v) is 5.84. The largest absolute Gasteiger partial charge is 0.369 e. The fourth-order valence-electron chi connectivity index (χ4n) is 3.12. The second-order valence-electron chi connectivity index (χ2n) is 5.84. The lowest BCUT2D eigenvalue weighted by molar-refractivity contribution is 0.367. The van der Waals surface area contributed by atoms with Crippen molar-refractivity contribution in [2.75, 3.05) is 18.0 Å². The monoisotopic (exact) mass is 303 g/mol. The van der Waals surface area contributed by atoms with Crippen molar-refractivity contribution in [2.24, 2.45) is 7.05 Å². The van der Waals surface area contributed by atoms with E-state index in [1.807, 2.05) is 19.2 Å². The topological polar surface area (TPSA) is 46.0 Å². The molecular weight excluding hydrogens is 281 g/mol. The summed E-state index contributed by atoms with van der Waals surface area (Å²) in [5, 5.41) is 7.71. The summed E-state index contributed by atoms with van der Waals surface area (Å²) in [5.41, 5.74) is 0.710. The number of benzene rings is 1. The van der Waals surface area contributed by atoms with Crippen LogP contribution in [0.15, 0.2) is 30.6 Å². The van der Waals surface area contributed by atoms with Gasteiger partial charge in [0.25, 0.3) is 0 Å². The summed E-state index contributed by atoms with van der Waals surface area (Å²) >= 11 is 0. The van der Waals surface area contributed by atoms with Gasteiger partial charge in [-0.15, -0.1) is 0 Å². The molecule has 3 rings (SSSR count). The smallest absolute Gasteiger partial charge is 0.146 e. The number of rotatable bonds is 4. The quantitative estimate of drug-likeness (QED) is 0.941. The zero-order chi connectivity index (χ0) is 15.5. The molecule has 0 amide bonds. The lowest BCUT2D eigenvalue weighted by Gasteiger charge is -2.35. The maximum absolute atomic E-state index is 13.8. The molecule has 1 atom stereocenters. The molecule has 1 aromatic heterocycles. The van der Waals surface area contributed by atoms with Gasteiger partial charge in [-0.1, -0.05) is 12.1 Å². The third kappa shape index (κ3) is 3.11. The van der Waals surface area contributed by atoms with Crippen LogP contribution in [0.1, 0.15) is 31.6 Å². The SMILES string of the molecule is C[C@H](NC1CCN(c2ccccc2F)CC1)c1ncnn1C. The molecule has 118 valence electrons. The van der Waals surface area contributed by atoms with Crippen LogP contribution < -0.4 is 10.2 Å². The second kappa shape index (κ2) is 6.44. The Hall–Kier alpha value is -1.95. The van der Waals surface area contributed by atoms with Gasteiger partial charge in [0.2, 0.25) is 0 Å². The van der Waals surface area contributed by atoms with Gasteiger partial charge in [0.1, 0.15) is 18.0 Å². The van der Waals surface area contributed by atoms with Crippen LogP contribution in [0, 0.1) is 5.82 Å². The summed E-state index contributed by atoms with van der Waals surface area (Å²) in [6, 6.07) is 7.59. The number of hydrogen-bond donors (Lipinski definition) is 1. The van der Waals surface area contributed by atoms with Crippen LogP contribution >= 0.6 is 0 Å². The number of nitrogens with zero attached hydrogens (tertiary/aromatic N) is 4. The number of aryl methyl sites for hydroxylation is 1. The molecule has 1 saturated heterocycles. The maximum atomic E-state index is 13.8. The number of para-hydroxylation sites is 1. The van der Waals surface area contributed by atoms with E-state index in [4.69, 9.17) is 0 Å². The standard InChI is InChI=1S/C16H22FN5/c1-12(16-18-11-19-21(16)2)20-13-7-9-22(10-8-13)15-6-4-3-5-14(15)17/h3-6,11-13,20H,7-10H2,1-2H3/t12-/m0/s1. The van der Waals surface area contributed by atoms with Crippen molar-refractivity contribution in [3.63, 3.8) is 0 Å². The molecule has 2 heterocycles. The van der Waals surface area contributed by atoms with Gasteiger partial charge in [0.15, 0.2) is 0 Å². The lowest BCUT2D eigenvalue weighted by atomic mass is 10.0. The molecule has 0 saturated carbocycles. The van der Waals surface area contributed by atoms with E-state index in [0.29, 0.717) is 11.7 Å². The summed E-state index contributed by atoms with van der Waals surface area (Å²) in [5.74, 6) is 0.804. The molecule has 6 heteroatoms. The summed E-state index contributed by atoms with van der Waals surface area (Å²) in [6.07, 6.45) is 3.57. The average Bonchev–Trinajstić information content (AvgIpc) is 2.95. The molecule has 22 heavy (non-hydrogen) atoms. The minimum Gasteiger partial charge on any atom is -0.369 e. The Labute approximate surface area is 130 Å². The molecule has 0 aliphatic carbocycles. The highest BCUT2D eigenvalue weighted by Gasteiger charge is 2.23. The van der Waals surface area contributed by atoms with Crippen molar-refractivity contribution in [3.05, 3.63) is 42.2 Å². The molecular formula is C16H22FN5. The van der Waals surface area contributed by atoms with Gasteiger partial charge in [-0.25, -0.2) is 9.37 Å². The summed E-state index contributed by atoms with van der Waals surface area (Å²) < 4.78 is 15.6. The minimum atomic E-state index is -0.138. The number of anilines is 1. The van der Waals surface area contributed by atoms with Gasteiger partial charge in [-0.2, -0.15) is 5.10 Å². The Morgan fingerprint density at radius 3 is 2.64 bits per heavy atom. The molecule has 1 N–H and O–H groups in total. The van der Waals surface area contributed by atoms with E-state index in [1.54, 1.807) is 17.1 Å². The fourth-order valence-corrected chi connectivity index (χ4v) is 3.12. The van der Waals surface area contributed by atoms with E-state index in [2.05, 4.69) is 27.2 Å². The normalized spacial score (nSPS) is 17.7. The van der Waals surface area contributed by atoms with Crippen molar-refractivity contribution >= 4 is 5.69 Å². The predicted molar refractivity (Wildman–Crippen MR) is 84.2 cm³/mol. The first-order valence-corrected chi connectivity index (χ1v) is 7.74. The highest BCUT2D eigenvalue weighted by atomic mass is 19.1.